The Bertz CT molecular complexity index is 737. The smallest absolute Gasteiger partial charge is 0.191 e. The Morgan fingerprint density at radius 3 is 2.43 bits per heavy atom. The molecule has 1 atom stereocenters. The molecule has 0 radical (unpaired) electrons. The maximum absolute atomic E-state index is 4.61. The van der Waals surface area contributed by atoms with Gasteiger partial charge in [-0.25, -0.2) is 4.98 Å². The van der Waals surface area contributed by atoms with Crippen LogP contribution in [-0.4, -0.2) is 37.6 Å². The average molecular weight is 493 g/mol. The summed E-state index contributed by atoms with van der Waals surface area (Å²) >= 11 is 0. The molecule has 1 aliphatic heterocycles. The van der Waals surface area contributed by atoms with Crippen LogP contribution in [0, 0.1) is 6.92 Å². The van der Waals surface area contributed by atoms with Gasteiger partial charge in [0.15, 0.2) is 5.96 Å². The molecule has 1 unspecified atom stereocenters. The monoisotopic (exact) mass is 493 g/mol. The summed E-state index contributed by atoms with van der Waals surface area (Å²) < 4.78 is 0. The fourth-order valence-corrected chi connectivity index (χ4v) is 3.32. The molecule has 0 amide bonds. The molecule has 2 aromatic rings. The Labute approximate surface area is 186 Å². The number of hydrogen-bond donors (Lipinski definition) is 2. The number of nitrogens with one attached hydrogen (secondary N) is 2. The number of rotatable bonds is 6. The quantitative estimate of drug-likeness (QED) is 0.362. The van der Waals surface area contributed by atoms with E-state index in [4.69, 9.17) is 0 Å². The predicted molar refractivity (Wildman–Crippen MR) is 129 cm³/mol. The first-order chi connectivity index (χ1) is 13.2. The van der Waals surface area contributed by atoms with E-state index in [0.717, 1.165) is 37.0 Å². The SMILES string of the molecule is CN=C(NCc1ccc(N2CCCC2)nc1)NCC(C)c1ccc(C)cc1.I. The number of aromatic nitrogens is 1. The summed E-state index contributed by atoms with van der Waals surface area (Å²) in [5.41, 5.74) is 3.79. The third-order valence-electron chi connectivity index (χ3n) is 5.14. The van der Waals surface area contributed by atoms with E-state index < -0.39 is 0 Å². The molecule has 1 saturated heterocycles. The van der Waals surface area contributed by atoms with Gasteiger partial charge in [-0.2, -0.15) is 0 Å². The number of guanidine groups is 1. The Kier molecular flexibility index (Phi) is 9.02. The van der Waals surface area contributed by atoms with Crippen molar-refractivity contribution in [1.82, 2.24) is 15.6 Å². The first kappa shape index (κ1) is 22.5. The maximum Gasteiger partial charge on any atom is 0.191 e. The zero-order valence-corrected chi connectivity index (χ0v) is 19.4. The molecule has 2 heterocycles. The van der Waals surface area contributed by atoms with Gasteiger partial charge in [0, 0.05) is 39.4 Å². The minimum atomic E-state index is 0. The molecule has 0 saturated carbocycles. The predicted octanol–water partition coefficient (Wildman–Crippen LogP) is 4.08. The van der Waals surface area contributed by atoms with Crippen LogP contribution in [0.25, 0.3) is 0 Å². The summed E-state index contributed by atoms with van der Waals surface area (Å²) in [4.78, 5) is 11.3. The molecule has 0 bridgehead atoms. The van der Waals surface area contributed by atoms with Crippen molar-refractivity contribution in [3.05, 3.63) is 59.3 Å². The summed E-state index contributed by atoms with van der Waals surface area (Å²) in [5, 5.41) is 6.79. The van der Waals surface area contributed by atoms with Crippen LogP contribution >= 0.6 is 24.0 Å². The van der Waals surface area contributed by atoms with Crippen LogP contribution in [0.3, 0.4) is 0 Å². The number of aryl methyl sites for hydroxylation is 1. The Balaban J connectivity index is 0.00000280. The van der Waals surface area contributed by atoms with Gasteiger partial charge in [-0.15, -0.1) is 24.0 Å². The Morgan fingerprint density at radius 1 is 1.11 bits per heavy atom. The minimum Gasteiger partial charge on any atom is -0.357 e. The second-order valence-corrected chi connectivity index (χ2v) is 7.34. The third kappa shape index (κ3) is 6.36. The fraction of sp³-hybridized carbons (Fsp3) is 0.455. The van der Waals surface area contributed by atoms with E-state index in [1.54, 1.807) is 7.05 Å². The number of benzene rings is 1. The van der Waals surface area contributed by atoms with E-state index in [0.29, 0.717) is 12.5 Å². The fourth-order valence-electron chi connectivity index (χ4n) is 3.32. The van der Waals surface area contributed by atoms with Gasteiger partial charge >= 0.3 is 0 Å². The van der Waals surface area contributed by atoms with E-state index in [1.165, 1.54) is 24.0 Å². The van der Waals surface area contributed by atoms with Crippen LogP contribution in [0.1, 0.15) is 42.4 Å². The van der Waals surface area contributed by atoms with Gasteiger partial charge in [0.25, 0.3) is 0 Å². The second-order valence-electron chi connectivity index (χ2n) is 7.34. The Morgan fingerprint density at radius 2 is 1.82 bits per heavy atom. The molecule has 1 aliphatic rings. The standard InChI is InChI=1S/C22H31N5.HI/c1-17-6-9-20(10-7-17)18(2)14-25-22(23-3)26-16-19-8-11-21(24-15-19)27-12-4-5-13-27;/h6-11,15,18H,4-5,12-14,16H2,1-3H3,(H2,23,25,26);1H. The van der Waals surface area contributed by atoms with Crippen LogP contribution < -0.4 is 15.5 Å². The molecule has 1 aromatic carbocycles. The molecule has 28 heavy (non-hydrogen) atoms. The number of aliphatic imine (C=N–C) groups is 1. The van der Waals surface area contributed by atoms with Gasteiger partial charge in [-0.05, 0) is 42.9 Å². The van der Waals surface area contributed by atoms with Gasteiger partial charge < -0.3 is 15.5 Å². The lowest BCUT2D eigenvalue weighted by atomic mass is 10.0. The first-order valence-corrected chi connectivity index (χ1v) is 9.86. The number of halogens is 1. The molecule has 1 aromatic heterocycles. The summed E-state index contributed by atoms with van der Waals surface area (Å²) in [6.07, 6.45) is 4.50. The lowest BCUT2D eigenvalue weighted by molar-refractivity contribution is 0.698. The highest BCUT2D eigenvalue weighted by Crippen LogP contribution is 2.17. The number of hydrogen-bond acceptors (Lipinski definition) is 3. The lowest BCUT2D eigenvalue weighted by Gasteiger charge is -2.18. The van der Waals surface area contributed by atoms with Gasteiger partial charge in [0.1, 0.15) is 5.82 Å². The van der Waals surface area contributed by atoms with Crippen molar-refractivity contribution >= 4 is 35.8 Å². The van der Waals surface area contributed by atoms with Crippen molar-refractivity contribution in [3.8, 4) is 0 Å². The molecule has 3 rings (SSSR count). The van der Waals surface area contributed by atoms with E-state index in [1.807, 2.05) is 6.20 Å². The summed E-state index contributed by atoms with van der Waals surface area (Å²) in [6.45, 7) is 8.15. The van der Waals surface area contributed by atoms with Crippen LogP contribution in [0.2, 0.25) is 0 Å². The normalized spacial score (nSPS) is 15.1. The largest absolute Gasteiger partial charge is 0.357 e. The summed E-state index contributed by atoms with van der Waals surface area (Å²) in [5.74, 6) is 2.33. The van der Waals surface area contributed by atoms with Gasteiger partial charge in [-0.3, -0.25) is 4.99 Å². The van der Waals surface area contributed by atoms with Crippen LogP contribution in [0.15, 0.2) is 47.6 Å². The number of nitrogens with zero attached hydrogens (tertiary/aromatic N) is 3. The zero-order valence-electron chi connectivity index (χ0n) is 17.1. The van der Waals surface area contributed by atoms with Gasteiger partial charge in [0.2, 0.25) is 0 Å². The summed E-state index contributed by atoms with van der Waals surface area (Å²) in [7, 11) is 1.81. The molecule has 5 nitrogen and oxygen atoms in total. The van der Waals surface area contributed by atoms with E-state index in [2.05, 4.69) is 75.8 Å². The molecule has 6 heteroatoms. The van der Waals surface area contributed by atoms with E-state index in [9.17, 15) is 0 Å². The third-order valence-corrected chi connectivity index (χ3v) is 5.14. The van der Waals surface area contributed by atoms with Crippen LogP contribution in [0.4, 0.5) is 5.82 Å². The van der Waals surface area contributed by atoms with Crippen molar-refractivity contribution in [2.45, 2.75) is 39.2 Å². The molecular weight excluding hydrogens is 461 g/mol. The lowest BCUT2D eigenvalue weighted by Crippen LogP contribution is -2.38. The van der Waals surface area contributed by atoms with Gasteiger partial charge in [-0.1, -0.05) is 42.8 Å². The first-order valence-electron chi connectivity index (χ1n) is 9.86. The molecule has 2 N–H and O–H groups in total. The molecule has 0 aliphatic carbocycles. The van der Waals surface area contributed by atoms with Crippen molar-refractivity contribution < 1.29 is 0 Å². The molecule has 1 fully saturated rings. The van der Waals surface area contributed by atoms with E-state index in [-0.39, 0.29) is 24.0 Å². The zero-order chi connectivity index (χ0) is 19.1. The maximum atomic E-state index is 4.61. The average Bonchev–Trinajstić information content (AvgIpc) is 3.24. The molecule has 0 spiro atoms. The molecular formula is C22H32IN5. The second kappa shape index (κ2) is 11.2. The highest BCUT2D eigenvalue weighted by Gasteiger charge is 2.13. The highest BCUT2D eigenvalue weighted by atomic mass is 127. The molecule has 152 valence electrons. The van der Waals surface area contributed by atoms with Crippen molar-refractivity contribution in [3.63, 3.8) is 0 Å². The number of anilines is 1. The van der Waals surface area contributed by atoms with Crippen molar-refractivity contribution in [2.75, 3.05) is 31.6 Å². The van der Waals surface area contributed by atoms with Crippen LogP contribution in [0.5, 0.6) is 0 Å². The van der Waals surface area contributed by atoms with Crippen molar-refractivity contribution in [2.24, 2.45) is 4.99 Å². The van der Waals surface area contributed by atoms with E-state index >= 15 is 0 Å². The van der Waals surface area contributed by atoms with Crippen molar-refractivity contribution in [1.29, 1.82) is 0 Å². The van der Waals surface area contributed by atoms with Crippen LogP contribution in [-0.2, 0) is 6.54 Å². The summed E-state index contributed by atoms with van der Waals surface area (Å²) in [6, 6.07) is 13.0. The van der Waals surface area contributed by atoms with Gasteiger partial charge in [0.05, 0.1) is 0 Å². The number of pyridine rings is 1. The minimum absolute atomic E-state index is 0. The Hall–Kier alpha value is -1.83. The highest BCUT2D eigenvalue weighted by molar-refractivity contribution is 14.0. The topological polar surface area (TPSA) is 52.6 Å².